The zero-order valence-electron chi connectivity index (χ0n) is 11.2. The predicted molar refractivity (Wildman–Crippen MR) is 86.3 cm³/mol. The van der Waals surface area contributed by atoms with Crippen LogP contribution in [-0.2, 0) is 0 Å². The Labute approximate surface area is 121 Å². The topological polar surface area (TPSA) is 63.8 Å². The number of hydrogen-bond donors (Lipinski definition) is 2. The van der Waals surface area contributed by atoms with Crippen molar-refractivity contribution in [1.82, 2.24) is 4.98 Å². The molecule has 3 aromatic rings. The Balaban J connectivity index is 2.17. The molecule has 0 unspecified atom stereocenters. The number of anilines is 1. The maximum atomic E-state index is 8.10. The maximum absolute atomic E-state index is 8.10. The largest absolute Gasteiger partial charge is 0.284 e. The number of pyridine rings is 1. The number of benzene rings is 2. The zero-order valence-corrected chi connectivity index (χ0v) is 11.2. The number of nitrogens with zero attached hydrogens (tertiary/aromatic N) is 2. The lowest BCUT2D eigenvalue weighted by atomic mass is 10.1. The first-order chi connectivity index (χ1) is 10.3. The van der Waals surface area contributed by atoms with Crippen LogP contribution in [0.4, 0.5) is 5.69 Å². The molecule has 100 valence electrons. The predicted octanol–water partition coefficient (Wildman–Crippen LogP) is 3.72. The molecule has 0 spiro atoms. The lowest BCUT2D eigenvalue weighted by Gasteiger charge is -2.22. The lowest BCUT2D eigenvalue weighted by Crippen LogP contribution is -2.29. The highest BCUT2D eigenvalue weighted by molar-refractivity contribution is 6.34. The lowest BCUT2D eigenvalue weighted by molar-refractivity contribution is 1.35. The van der Waals surface area contributed by atoms with E-state index in [0.717, 1.165) is 27.5 Å². The van der Waals surface area contributed by atoms with Crippen LogP contribution in [0.2, 0.25) is 0 Å². The average Bonchev–Trinajstić information content (AvgIpc) is 2.84. The van der Waals surface area contributed by atoms with Gasteiger partial charge in [-0.15, -0.1) is 0 Å². The van der Waals surface area contributed by atoms with Crippen molar-refractivity contribution in [2.24, 2.45) is 0 Å². The smallest absolute Gasteiger partial charge is 0.131 e. The molecule has 1 aromatic heterocycles. The second-order valence-electron chi connectivity index (χ2n) is 4.93. The van der Waals surface area contributed by atoms with E-state index >= 15 is 0 Å². The minimum absolute atomic E-state index is 0.307. The van der Waals surface area contributed by atoms with Crippen LogP contribution in [0.5, 0.6) is 0 Å². The molecule has 4 rings (SSSR count). The standard InChI is InChI=1S/C17H12N4/c18-15-9-10-16(19)21(15)17-11-5-1-3-7-13(11)20-14-8-4-2-6-12(14)17/h1-10,18-19H. The molecule has 2 heterocycles. The molecular weight excluding hydrogens is 260 g/mol. The van der Waals surface area contributed by atoms with Gasteiger partial charge in [0.25, 0.3) is 0 Å². The molecule has 21 heavy (non-hydrogen) atoms. The third-order valence-electron chi connectivity index (χ3n) is 3.66. The number of amidine groups is 2. The maximum Gasteiger partial charge on any atom is 0.131 e. The summed E-state index contributed by atoms with van der Waals surface area (Å²) in [4.78, 5) is 6.33. The van der Waals surface area contributed by atoms with Gasteiger partial charge in [0.15, 0.2) is 0 Å². The number of para-hydroxylation sites is 2. The van der Waals surface area contributed by atoms with E-state index in [0.29, 0.717) is 11.7 Å². The van der Waals surface area contributed by atoms with Gasteiger partial charge in [0.2, 0.25) is 0 Å². The van der Waals surface area contributed by atoms with Crippen molar-refractivity contribution in [2.75, 3.05) is 4.90 Å². The summed E-state index contributed by atoms with van der Waals surface area (Å²) in [6.07, 6.45) is 3.29. The van der Waals surface area contributed by atoms with E-state index in [4.69, 9.17) is 10.8 Å². The van der Waals surface area contributed by atoms with Gasteiger partial charge in [-0.25, -0.2) is 4.98 Å². The van der Waals surface area contributed by atoms with E-state index in [9.17, 15) is 0 Å². The summed E-state index contributed by atoms with van der Waals surface area (Å²) < 4.78 is 0. The van der Waals surface area contributed by atoms with Crippen LogP contribution in [0.1, 0.15) is 0 Å². The molecule has 0 fully saturated rings. The number of hydrogen-bond acceptors (Lipinski definition) is 3. The van der Waals surface area contributed by atoms with Crippen LogP contribution in [0.25, 0.3) is 21.8 Å². The molecule has 4 nitrogen and oxygen atoms in total. The van der Waals surface area contributed by atoms with Crippen molar-refractivity contribution in [3.8, 4) is 0 Å². The molecule has 0 saturated carbocycles. The molecule has 0 bridgehead atoms. The van der Waals surface area contributed by atoms with Crippen LogP contribution in [0.15, 0.2) is 60.7 Å². The van der Waals surface area contributed by atoms with E-state index in [1.807, 2.05) is 48.5 Å². The fraction of sp³-hybridized carbons (Fsp3) is 0. The third kappa shape index (κ3) is 1.66. The first-order valence-corrected chi connectivity index (χ1v) is 6.68. The highest BCUT2D eigenvalue weighted by atomic mass is 15.2. The highest BCUT2D eigenvalue weighted by Gasteiger charge is 2.23. The second kappa shape index (κ2) is 4.24. The Morgan fingerprint density at radius 1 is 0.714 bits per heavy atom. The summed E-state index contributed by atoms with van der Waals surface area (Å²) in [5, 5.41) is 18.1. The number of rotatable bonds is 1. The van der Waals surface area contributed by atoms with E-state index in [1.54, 1.807) is 17.1 Å². The van der Waals surface area contributed by atoms with E-state index < -0.39 is 0 Å². The Hall–Kier alpha value is -3.01. The van der Waals surface area contributed by atoms with Gasteiger partial charge in [0.05, 0.1) is 16.7 Å². The van der Waals surface area contributed by atoms with Crippen LogP contribution in [0, 0.1) is 10.8 Å². The molecule has 0 aliphatic carbocycles. The molecule has 0 amide bonds. The number of fused-ring (bicyclic) bond motifs is 2. The summed E-state index contributed by atoms with van der Waals surface area (Å²) in [6, 6.07) is 15.7. The van der Waals surface area contributed by atoms with E-state index in [1.165, 1.54) is 0 Å². The average molecular weight is 272 g/mol. The Morgan fingerprint density at radius 3 is 1.71 bits per heavy atom. The van der Waals surface area contributed by atoms with Crippen LogP contribution in [-0.4, -0.2) is 16.7 Å². The quantitative estimate of drug-likeness (QED) is 0.663. The fourth-order valence-corrected chi connectivity index (χ4v) is 2.74. The molecule has 0 saturated heterocycles. The number of nitrogens with one attached hydrogen (secondary N) is 2. The van der Waals surface area contributed by atoms with E-state index in [-0.39, 0.29) is 0 Å². The van der Waals surface area contributed by atoms with Crippen molar-refractivity contribution in [3.63, 3.8) is 0 Å². The van der Waals surface area contributed by atoms with Gasteiger partial charge in [-0.3, -0.25) is 15.7 Å². The molecule has 0 atom stereocenters. The van der Waals surface area contributed by atoms with Gasteiger partial charge < -0.3 is 0 Å². The van der Waals surface area contributed by atoms with Crippen molar-refractivity contribution in [2.45, 2.75) is 0 Å². The Bertz CT molecular complexity index is 868. The molecule has 2 N–H and O–H groups in total. The SMILES string of the molecule is N=C1C=CC(=N)N1c1c2ccccc2nc2ccccc12. The number of aromatic nitrogens is 1. The monoisotopic (exact) mass is 272 g/mol. The van der Waals surface area contributed by atoms with Crippen molar-refractivity contribution < 1.29 is 0 Å². The molecule has 1 aliphatic heterocycles. The molecular formula is C17H12N4. The van der Waals surface area contributed by atoms with E-state index in [2.05, 4.69) is 4.98 Å². The summed E-state index contributed by atoms with van der Waals surface area (Å²) in [5.41, 5.74) is 2.61. The van der Waals surface area contributed by atoms with Gasteiger partial charge in [-0.2, -0.15) is 0 Å². The minimum atomic E-state index is 0.307. The van der Waals surface area contributed by atoms with Crippen LogP contribution < -0.4 is 4.90 Å². The zero-order chi connectivity index (χ0) is 14.4. The highest BCUT2D eigenvalue weighted by Crippen LogP contribution is 2.35. The normalized spacial score (nSPS) is 14.6. The third-order valence-corrected chi connectivity index (χ3v) is 3.66. The van der Waals surface area contributed by atoms with Crippen LogP contribution >= 0.6 is 0 Å². The minimum Gasteiger partial charge on any atom is -0.284 e. The summed E-state index contributed by atoms with van der Waals surface area (Å²) in [6.45, 7) is 0. The summed E-state index contributed by atoms with van der Waals surface area (Å²) >= 11 is 0. The molecule has 1 aliphatic rings. The Morgan fingerprint density at radius 2 is 1.19 bits per heavy atom. The van der Waals surface area contributed by atoms with Gasteiger partial charge in [-0.1, -0.05) is 36.4 Å². The first-order valence-electron chi connectivity index (χ1n) is 6.68. The Kier molecular flexibility index (Phi) is 2.38. The molecule has 2 aromatic carbocycles. The van der Waals surface area contributed by atoms with Gasteiger partial charge in [0, 0.05) is 10.8 Å². The summed E-state index contributed by atoms with van der Waals surface area (Å²) in [7, 11) is 0. The van der Waals surface area contributed by atoms with Crippen LogP contribution in [0.3, 0.4) is 0 Å². The summed E-state index contributed by atoms with van der Waals surface area (Å²) in [5.74, 6) is 0.614. The van der Waals surface area contributed by atoms with Gasteiger partial charge >= 0.3 is 0 Å². The van der Waals surface area contributed by atoms with Crippen molar-refractivity contribution in [3.05, 3.63) is 60.7 Å². The fourth-order valence-electron chi connectivity index (χ4n) is 2.74. The van der Waals surface area contributed by atoms with Gasteiger partial charge in [0.1, 0.15) is 11.7 Å². The van der Waals surface area contributed by atoms with Crippen molar-refractivity contribution in [1.29, 1.82) is 10.8 Å². The molecule has 4 heteroatoms. The van der Waals surface area contributed by atoms with Gasteiger partial charge in [-0.05, 0) is 24.3 Å². The second-order valence-corrected chi connectivity index (χ2v) is 4.93. The molecule has 0 radical (unpaired) electrons. The van der Waals surface area contributed by atoms with Crippen molar-refractivity contribution >= 4 is 39.2 Å². The first kappa shape index (κ1) is 11.8.